The summed E-state index contributed by atoms with van der Waals surface area (Å²) < 4.78 is 39.6. The van der Waals surface area contributed by atoms with Crippen LogP contribution in [-0.2, 0) is 21.4 Å². The Hall–Kier alpha value is -2.70. The Kier molecular flexibility index (Phi) is 7.15. The van der Waals surface area contributed by atoms with E-state index in [2.05, 4.69) is 19.7 Å². The van der Waals surface area contributed by atoms with E-state index in [1.165, 1.54) is 11.4 Å². The molecule has 11 heteroatoms. The number of aromatic nitrogens is 3. The van der Waals surface area contributed by atoms with E-state index in [0.29, 0.717) is 29.0 Å². The minimum Gasteiger partial charge on any atom is -0.473 e. The van der Waals surface area contributed by atoms with E-state index in [4.69, 9.17) is 9.47 Å². The largest absolute Gasteiger partial charge is 0.473 e. The normalized spacial score (nSPS) is 18.3. The van der Waals surface area contributed by atoms with Crippen molar-refractivity contribution in [2.24, 2.45) is 0 Å². The summed E-state index contributed by atoms with van der Waals surface area (Å²) in [6, 6.07) is 9.64. The van der Waals surface area contributed by atoms with Crippen molar-refractivity contribution in [2.45, 2.75) is 25.6 Å². The Bertz CT molecular complexity index is 1200. The van der Waals surface area contributed by atoms with Gasteiger partial charge in [-0.2, -0.15) is 12.7 Å². The molecule has 2 aromatic heterocycles. The molecule has 0 radical (unpaired) electrons. The molecule has 1 aliphatic heterocycles. The third-order valence-corrected chi connectivity index (χ3v) is 6.84. The molecule has 4 rings (SSSR count). The average Bonchev–Trinajstić information content (AvgIpc) is 2.82. The average molecular weight is 474 g/mol. The van der Waals surface area contributed by atoms with Crippen LogP contribution in [0.15, 0.2) is 42.7 Å². The van der Waals surface area contributed by atoms with Gasteiger partial charge >= 0.3 is 0 Å². The fraction of sp³-hybridized carbons (Fsp3) is 0.409. The molecule has 0 amide bonds. The van der Waals surface area contributed by atoms with Gasteiger partial charge in [-0.1, -0.05) is 24.3 Å². The molecule has 2 N–H and O–H groups in total. The van der Waals surface area contributed by atoms with E-state index >= 15 is 0 Å². The van der Waals surface area contributed by atoms with Gasteiger partial charge < -0.3 is 14.6 Å². The lowest BCUT2D eigenvalue weighted by molar-refractivity contribution is -0.0256. The predicted molar refractivity (Wildman–Crippen MR) is 123 cm³/mol. The first kappa shape index (κ1) is 23.5. The Labute approximate surface area is 192 Å². The Balaban J connectivity index is 1.56. The van der Waals surface area contributed by atoms with E-state index in [-0.39, 0.29) is 26.3 Å². The highest BCUT2D eigenvalue weighted by atomic mass is 32.2. The third-order valence-electron chi connectivity index (χ3n) is 5.31. The summed E-state index contributed by atoms with van der Waals surface area (Å²) in [5.41, 5.74) is 3.73. The van der Waals surface area contributed by atoms with Gasteiger partial charge in [0.1, 0.15) is 12.7 Å². The lowest BCUT2D eigenvalue weighted by Gasteiger charge is -2.31. The molecule has 1 aliphatic rings. The highest BCUT2D eigenvalue weighted by Gasteiger charge is 2.29. The molecule has 1 saturated heterocycles. The van der Waals surface area contributed by atoms with Gasteiger partial charge in [0.2, 0.25) is 5.88 Å². The molecule has 0 unspecified atom stereocenters. The van der Waals surface area contributed by atoms with E-state index in [1.807, 2.05) is 30.3 Å². The number of nitrogens with one attached hydrogen (secondary N) is 1. The zero-order chi connectivity index (χ0) is 23.4. The number of hydrogen-bond acceptors (Lipinski definition) is 8. The second kappa shape index (κ2) is 10.1. The van der Waals surface area contributed by atoms with Crippen molar-refractivity contribution in [2.75, 3.05) is 33.4 Å². The van der Waals surface area contributed by atoms with Crippen molar-refractivity contribution < 1.29 is 23.0 Å². The zero-order valence-corrected chi connectivity index (χ0v) is 19.3. The lowest BCUT2D eigenvalue weighted by Crippen LogP contribution is -2.50. The second-order valence-corrected chi connectivity index (χ2v) is 9.73. The second-order valence-electron chi connectivity index (χ2n) is 7.86. The first-order valence-electron chi connectivity index (χ1n) is 10.7. The van der Waals surface area contributed by atoms with Gasteiger partial charge in [-0.25, -0.2) is 14.7 Å². The van der Waals surface area contributed by atoms with Gasteiger partial charge in [-0.3, -0.25) is 4.98 Å². The molecule has 1 aromatic carbocycles. The van der Waals surface area contributed by atoms with Crippen LogP contribution >= 0.6 is 0 Å². The van der Waals surface area contributed by atoms with Gasteiger partial charge in [-0.05, 0) is 25.0 Å². The van der Waals surface area contributed by atoms with Crippen LogP contribution in [0.4, 0.5) is 0 Å². The van der Waals surface area contributed by atoms with Crippen LogP contribution in [0.1, 0.15) is 12.5 Å². The molecule has 0 saturated carbocycles. The number of morpholine rings is 1. The van der Waals surface area contributed by atoms with Crippen LogP contribution in [0.5, 0.6) is 5.88 Å². The molecule has 10 nitrogen and oxygen atoms in total. The number of benzene rings is 1. The number of rotatable bonds is 8. The number of pyridine rings is 1. The van der Waals surface area contributed by atoms with Crippen molar-refractivity contribution in [3.8, 4) is 17.1 Å². The minimum atomic E-state index is -3.53. The van der Waals surface area contributed by atoms with Gasteiger partial charge in [0.25, 0.3) is 10.2 Å². The minimum absolute atomic E-state index is 0.116. The predicted octanol–water partition coefficient (Wildman–Crippen LogP) is 1.16. The number of ether oxygens (including phenoxy) is 2. The highest BCUT2D eigenvalue weighted by Crippen LogP contribution is 2.27. The number of nitrogens with zero attached hydrogens (tertiary/aromatic N) is 4. The molecule has 3 heterocycles. The Morgan fingerprint density at radius 2 is 2.03 bits per heavy atom. The zero-order valence-electron chi connectivity index (χ0n) is 18.5. The van der Waals surface area contributed by atoms with Gasteiger partial charge in [0.15, 0.2) is 5.52 Å². The first-order valence-corrected chi connectivity index (χ1v) is 12.1. The summed E-state index contributed by atoms with van der Waals surface area (Å²) in [4.78, 5) is 13.4. The Morgan fingerprint density at radius 1 is 1.27 bits per heavy atom. The summed E-state index contributed by atoms with van der Waals surface area (Å²) in [6.07, 6.45) is 2.89. The molecule has 0 bridgehead atoms. The van der Waals surface area contributed by atoms with Crippen molar-refractivity contribution in [3.05, 3.63) is 48.3 Å². The smallest absolute Gasteiger partial charge is 0.279 e. The van der Waals surface area contributed by atoms with Crippen molar-refractivity contribution in [1.82, 2.24) is 24.0 Å². The van der Waals surface area contributed by atoms with Gasteiger partial charge in [0.05, 0.1) is 23.9 Å². The van der Waals surface area contributed by atoms with E-state index in [1.54, 1.807) is 19.3 Å². The van der Waals surface area contributed by atoms with Gasteiger partial charge in [0, 0.05) is 38.1 Å². The molecule has 0 aliphatic carbocycles. The number of aliphatic hydroxyl groups is 1. The quantitative estimate of drug-likeness (QED) is 0.499. The van der Waals surface area contributed by atoms with Crippen LogP contribution in [0.2, 0.25) is 0 Å². The fourth-order valence-electron chi connectivity index (χ4n) is 3.66. The van der Waals surface area contributed by atoms with Crippen LogP contribution in [0, 0.1) is 0 Å². The summed E-state index contributed by atoms with van der Waals surface area (Å²) in [7, 11) is -2.15. The summed E-state index contributed by atoms with van der Waals surface area (Å²) in [5, 5.41) is 9.59. The first-order chi connectivity index (χ1) is 15.9. The molecule has 2 atom stereocenters. The van der Waals surface area contributed by atoms with Crippen molar-refractivity contribution in [1.29, 1.82) is 0 Å². The number of fused-ring (bicyclic) bond motifs is 1. The maximum Gasteiger partial charge on any atom is 0.279 e. The molecule has 0 spiro atoms. The van der Waals surface area contributed by atoms with Gasteiger partial charge in [-0.15, -0.1) is 0 Å². The van der Waals surface area contributed by atoms with Crippen molar-refractivity contribution in [3.63, 3.8) is 0 Å². The molecule has 1 fully saturated rings. The third kappa shape index (κ3) is 5.63. The lowest BCUT2D eigenvalue weighted by atomic mass is 10.0. The maximum absolute atomic E-state index is 12.1. The number of hydrogen-bond donors (Lipinski definition) is 2. The van der Waals surface area contributed by atoms with Crippen LogP contribution in [0.25, 0.3) is 22.3 Å². The molecular formula is C22H27N5O5S. The summed E-state index contributed by atoms with van der Waals surface area (Å²) in [5.74, 6) is 0.306. The molecular weight excluding hydrogens is 446 g/mol. The Morgan fingerprint density at radius 3 is 2.76 bits per heavy atom. The maximum atomic E-state index is 12.1. The summed E-state index contributed by atoms with van der Waals surface area (Å²) >= 11 is 0. The van der Waals surface area contributed by atoms with E-state index < -0.39 is 22.4 Å². The monoisotopic (exact) mass is 473 g/mol. The molecule has 3 aromatic rings. The topological polar surface area (TPSA) is 127 Å². The molecule has 176 valence electrons. The van der Waals surface area contributed by atoms with Crippen molar-refractivity contribution >= 4 is 21.2 Å². The molecule has 33 heavy (non-hydrogen) atoms. The van der Waals surface area contributed by atoms with Crippen LogP contribution < -0.4 is 9.46 Å². The standard InChI is InChI=1S/C22H27N5O5S/c1-15(28)11-16-3-5-17(6-4-16)19-12-20-21(25-8-7-24-20)22(26-19)32-14-18-13-27(9-10-31-18)33(29,30)23-2/h3-8,12,15,18,23,28H,9-11,13-14H2,1-2H3/t15-,18+/m1/s1. The fourth-order valence-corrected chi connectivity index (χ4v) is 4.59. The van der Waals surface area contributed by atoms with Crippen LogP contribution in [0.3, 0.4) is 0 Å². The van der Waals surface area contributed by atoms with E-state index in [9.17, 15) is 13.5 Å². The highest BCUT2D eigenvalue weighted by molar-refractivity contribution is 7.87. The van der Waals surface area contributed by atoms with E-state index in [0.717, 1.165) is 11.1 Å². The summed E-state index contributed by atoms with van der Waals surface area (Å²) in [6.45, 7) is 2.61. The SMILES string of the molecule is CNS(=O)(=O)N1CCO[C@H](COc2nc(-c3ccc(C[C@@H](C)O)cc3)cc3nccnc23)C1. The number of aliphatic hydroxyl groups excluding tert-OH is 1. The van der Waals surface area contributed by atoms with Crippen LogP contribution in [-0.4, -0.2) is 78.3 Å².